The van der Waals surface area contributed by atoms with Crippen LogP contribution < -0.4 is 10.2 Å². The van der Waals surface area contributed by atoms with Gasteiger partial charge in [-0.25, -0.2) is 23.2 Å². The zero-order chi connectivity index (χ0) is 23.2. The Morgan fingerprint density at radius 3 is 2.42 bits per heavy atom. The van der Waals surface area contributed by atoms with Crippen LogP contribution in [0, 0.1) is 6.92 Å². The van der Waals surface area contributed by atoms with Gasteiger partial charge in [0.15, 0.2) is 21.0 Å². The molecule has 1 aromatic heterocycles. The second-order valence-electron chi connectivity index (χ2n) is 6.56. The highest BCUT2D eigenvalue weighted by Crippen LogP contribution is 2.34. The zero-order valence-corrected chi connectivity index (χ0v) is 20.3. The molecule has 0 spiro atoms. The summed E-state index contributed by atoms with van der Waals surface area (Å²) in [5.74, 6) is -0.770. The minimum absolute atomic E-state index is 0.270. The van der Waals surface area contributed by atoms with Crippen LogP contribution in [0.4, 0.5) is 16.2 Å². The summed E-state index contributed by atoms with van der Waals surface area (Å²) in [6, 6.07) is 6.72. The third-order valence-corrected chi connectivity index (χ3v) is 6.78. The molecule has 31 heavy (non-hydrogen) atoms. The zero-order valence-electron chi connectivity index (χ0n) is 17.2. The summed E-state index contributed by atoms with van der Waals surface area (Å²) in [6.45, 7) is 7.62. The number of benzene rings is 1. The Hall–Kier alpha value is -1.81. The van der Waals surface area contributed by atoms with E-state index in [1.165, 1.54) is 12.3 Å². The maximum atomic E-state index is 12.6. The highest BCUT2D eigenvalue weighted by molar-refractivity contribution is 7.91. The van der Waals surface area contributed by atoms with Gasteiger partial charge in [-0.15, -0.1) is 0 Å². The Balaban J connectivity index is 2.15. The number of amides is 1. The number of alkyl halides is 3. The van der Waals surface area contributed by atoms with E-state index >= 15 is 0 Å². The lowest BCUT2D eigenvalue weighted by Crippen LogP contribution is -2.39. The number of ether oxygens (including phenoxy) is 1. The van der Waals surface area contributed by atoms with Gasteiger partial charge < -0.3 is 9.64 Å². The van der Waals surface area contributed by atoms with E-state index in [0.29, 0.717) is 5.69 Å². The predicted molar refractivity (Wildman–Crippen MR) is 123 cm³/mol. The Labute approximate surface area is 196 Å². The van der Waals surface area contributed by atoms with E-state index in [1.807, 2.05) is 19.1 Å². The second kappa shape index (κ2) is 10.7. The number of nitrogens with zero attached hydrogens (tertiary/aromatic N) is 3. The maximum Gasteiger partial charge on any atom is 0.412 e. The minimum atomic E-state index is -4.01. The molecule has 1 aromatic carbocycles. The fraction of sp³-hybridized carbons (Fsp3) is 0.421. The number of rotatable bonds is 8. The molecule has 1 amide bonds. The van der Waals surface area contributed by atoms with Crippen molar-refractivity contribution in [2.45, 2.75) is 35.7 Å². The molecule has 0 fully saturated rings. The molecule has 8 nitrogen and oxygen atoms in total. The molecule has 1 heterocycles. The highest BCUT2D eigenvalue weighted by atomic mass is 35.6. The molecular formula is C19H23Cl3N4O4S. The van der Waals surface area contributed by atoms with Crippen molar-refractivity contribution >= 4 is 62.1 Å². The molecule has 0 saturated carbocycles. The van der Waals surface area contributed by atoms with Crippen LogP contribution in [0.1, 0.15) is 19.4 Å². The topological polar surface area (TPSA) is 101 Å². The number of halogens is 3. The van der Waals surface area contributed by atoms with Gasteiger partial charge in [0.05, 0.1) is 5.75 Å². The van der Waals surface area contributed by atoms with Crippen molar-refractivity contribution < 1.29 is 17.9 Å². The highest BCUT2D eigenvalue weighted by Gasteiger charge is 2.40. The van der Waals surface area contributed by atoms with Crippen molar-refractivity contribution in [1.82, 2.24) is 9.97 Å². The Morgan fingerprint density at radius 2 is 1.90 bits per heavy atom. The first-order valence-corrected chi connectivity index (χ1v) is 12.1. The summed E-state index contributed by atoms with van der Waals surface area (Å²) in [5, 5.41) is 2.29. The summed E-state index contributed by atoms with van der Waals surface area (Å²) in [4.78, 5) is 22.0. The molecule has 2 aromatic rings. The summed E-state index contributed by atoms with van der Waals surface area (Å²) in [6.07, 6.45) is -0.182. The molecule has 0 radical (unpaired) electrons. The molecule has 0 aliphatic carbocycles. The Bertz CT molecular complexity index is 997. The number of sulfone groups is 1. The number of hydrogen-bond acceptors (Lipinski definition) is 7. The fourth-order valence-corrected chi connectivity index (χ4v) is 4.79. The number of nitrogens with one attached hydrogen (secondary N) is 1. The second-order valence-corrected chi connectivity index (χ2v) is 10.9. The third kappa shape index (κ3) is 7.10. The van der Waals surface area contributed by atoms with Crippen molar-refractivity contribution in [2.75, 3.05) is 29.1 Å². The molecule has 12 heteroatoms. The first kappa shape index (κ1) is 25.5. The van der Waals surface area contributed by atoms with E-state index in [-0.39, 0.29) is 5.03 Å². The van der Waals surface area contributed by atoms with Gasteiger partial charge >= 0.3 is 6.09 Å². The SMILES string of the molecule is CCN(CC)c1ccc(NC(=O)OC(CS(=O)(=O)c2ccncn2)C(Cl)(Cl)Cl)c(C)c1. The van der Waals surface area contributed by atoms with Crippen molar-refractivity contribution in [2.24, 2.45) is 0 Å². The van der Waals surface area contributed by atoms with Crippen LogP contribution in [0.3, 0.4) is 0 Å². The number of hydrogen-bond donors (Lipinski definition) is 1. The first-order valence-electron chi connectivity index (χ1n) is 9.36. The van der Waals surface area contributed by atoms with Gasteiger partial charge in [0.25, 0.3) is 0 Å². The standard InChI is InChI=1S/C19H23Cl3N4O4S/c1-4-26(5-2)14-6-7-15(13(3)10-14)25-18(27)30-16(19(20,21)22)11-31(28,29)17-8-9-23-12-24-17/h6-10,12,16H,4-5,11H2,1-3H3,(H,25,27). The normalized spacial score (nSPS) is 12.8. The molecule has 1 N–H and O–H groups in total. The van der Waals surface area contributed by atoms with Gasteiger partial charge in [0.1, 0.15) is 6.33 Å². The molecule has 1 atom stereocenters. The van der Waals surface area contributed by atoms with E-state index in [0.717, 1.165) is 30.7 Å². The number of carbonyl (C=O) groups excluding carboxylic acids is 1. The van der Waals surface area contributed by atoms with Crippen LogP contribution >= 0.6 is 34.8 Å². The predicted octanol–water partition coefficient (Wildman–Crippen LogP) is 4.39. The van der Waals surface area contributed by atoms with Gasteiger partial charge in [0.2, 0.25) is 3.79 Å². The largest absolute Gasteiger partial charge is 0.440 e. The van der Waals surface area contributed by atoms with Crippen LogP contribution in [0.15, 0.2) is 41.8 Å². The first-order chi connectivity index (χ1) is 14.5. The molecule has 2 rings (SSSR count). The van der Waals surface area contributed by atoms with E-state index in [4.69, 9.17) is 39.5 Å². The van der Waals surface area contributed by atoms with Crippen LogP contribution in [-0.4, -0.2) is 53.2 Å². The summed E-state index contributed by atoms with van der Waals surface area (Å²) in [7, 11) is -4.01. The van der Waals surface area contributed by atoms with Gasteiger partial charge in [-0.1, -0.05) is 34.8 Å². The maximum absolute atomic E-state index is 12.6. The Kier molecular flexibility index (Phi) is 8.76. The monoisotopic (exact) mass is 508 g/mol. The van der Waals surface area contributed by atoms with E-state index in [1.54, 1.807) is 6.07 Å². The molecule has 1 unspecified atom stereocenters. The van der Waals surface area contributed by atoms with Crippen LogP contribution in [-0.2, 0) is 14.6 Å². The van der Waals surface area contributed by atoms with Crippen molar-refractivity contribution in [3.8, 4) is 0 Å². The fourth-order valence-electron chi connectivity index (χ4n) is 2.78. The summed E-state index contributed by atoms with van der Waals surface area (Å²) in [5.41, 5.74) is 2.29. The quantitative estimate of drug-likeness (QED) is 0.416. The van der Waals surface area contributed by atoms with Gasteiger partial charge in [-0.3, -0.25) is 5.32 Å². The number of aromatic nitrogens is 2. The van der Waals surface area contributed by atoms with Gasteiger partial charge in [-0.05, 0) is 50.6 Å². The lowest BCUT2D eigenvalue weighted by Gasteiger charge is -2.25. The minimum Gasteiger partial charge on any atom is -0.440 e. The molecule has 170 valence electrons. The average molecular weight is 510 g/mol. The van der Waals surface area contributed by atoms with Crippen molar-refractivity contribution in [3.63, 3.8) is 0 Å². The average Bonchev–Trinajstić information content (AvgIpc) is 2.70. The van der Waals surface area contributed by atoms with Crippen LogP contribution in [0.2, 0.25) is 0 Å². The van der Waals surface area contributed by atoms with Crippen molar-refractivity contribution in [1.29, 1.82) is 0 Å². The lowest BCUT2D eigenvalue weighted by molar-refractivity contribution is 0.124. The number of anilines is 2. The van der Waals surface area contributed by atoms with Crippen LogP contribution in [0.5, 0.6) is 0 Å². The molecule has 0 aliphatic rings. The summed E-state index contributed by atoms with van der Waals surface area (Å²) >= 11 is 17.6. The van der Waals surface area contributed by atoms with Gasteiger partial charge in [-0.2, -0.15) is 0 Å². The molecule has 0 saturated heterocycles. The number of aryl methyl sites for hydroxylation is 1. The number of carbonyl (C=O) groups is 1. The van der Waals surface area contributed by atoms with Gasteiger partial charge in [0, 0.05) is 30.7 Å². The lowest BCUT2D eigenvalue weighted by atomic mass is 10.1. The van der Waals surface area contributed by atoms with E-state index in [2.05, 4.69) is 34.0 Å². The van der Waals surface area contributed by atoms with E-state index < -0.39 is 31.6 Å². The Morgan fingerprint density at radius 1 is 1.23 bits per heavy atom. The molecular weight excluding hydrogens is 487 g/mol. The molecule has 0 aliphatic heterocycles. The van der Waals surface area contributed by atoms with Crippen LogP contribution in [0.25, 0.3) is 0 Å². The smallest absolute Gasteiger partial charge is 0.412 e. The van der Waals surface area contributed by atoms with E-state index in [9.17, 15) is 13.2 Å². The third-order valence-electron chi connectivity index (χ3n) is 4.43. The molecule has 0 bridgehead atoms. The van der Waals surface area contributed by atoms with Crippen molar-refractivity contribution in [3.05, 3.63) is 42.4 Å². The summed E-state index contributed by atoms with van der Waals surface area (Å²) < 4.78 is 28.1.